The molecule has 0 aliphatic carbocycles. The minimum Gasteiger partial charge on any atom is -0.369 e. The third-order valence-corrected chi connectivity index (χ3v) is 4.52. The fourth-order valence-electron chi connectivity index (χ4n) is 3.06. The Balaban J connectivity index is 2.00. The molecule has 0 saturated carbocycles. The molecule has 1 aromatic heterocycles. The molecule has 0 saturated heterocycles. The van der Waals surface area contributed by atoms with Crippen molar-refractivity contribution in [2.75, 3.05) is 43.9 Å². The number of likely N-dealkylation sites (N-methyl/N-ethyl adjacent to an activating group) is 1. The van der Waals surface area contributed by atoms with E-state index in [1.165, 1.54) is 5.56 Å². The molecule has 0 aliphatic rings. The van der Waals surface area contributed by atoms with E-state index in [4.69, 9.17) is 9.97 Å². The van der Waals surface area contributed by atoms with Gasteiger partial charge in [-0.1, -0.05) is 42.5 Å². The van der Waals surface area contributed by atoms with E-state index < -0.39 is 0 Å². The summed E-state index contributed by atoms with van der Waals surface area (Å²) < 4.78 is 0. The Morgan fingerprint density at radius 3 is 2.39 bits per heavy atom. The van der Waals surface area contributed by atoms with Gasteiger partial charge in [0.15, 0.2) is 5.82 Å². The van der Waals surface area contributed by atoms with Crippen molar-refractivity contribution in [2.24, 2.45) is 0 Å². The van der Waals surface area contributed by atoms with Gasteiger partial charge in [0.1, 0.15) is 11.6 Å². The first-order valence-corrected chi connectivity index (χ1v) is 9.74. The zero-order chi connectivity index (χ0) is 19.9. The Morgan fingerprint density at radius 2 is 1.71 bits per heavy atom. The predicted octanol–water partition coefficient (Wildman–Crippen LogP) is 4.58. The molecular weight excluding hydrogens is 346 g/mol. The highest BCUT2D eigenvalue weighted by Gasteiger charge is 2.14. The molecule has 0 atom stereocenters. The van der Waals surface area contributed by atoms with E-state index in [-0.39, 0.29) is 0 Å². The van der Waals surface area contributed by atoms with Crippen LogP contribution in [0.4, 0.5) is 17.3 Å². The fraction of sp³-hybridized carbons (Fsp3) is 0.304. The summed E-state index contributed by atoms with van der Waals surface area (Å²) in [5.74, 6) is 2.47. The minimum absolute atomic E-state index is 0.733. The lowest BCUT2D eigenvalue weighted by Crippen LogP contribution is -2.22. The number of nitrogens with one attached hydrogen (secondary N) is 1. The molecule has 3 rings (SSSR count). The summed E-state index contributed by atoms with van der Waals surface area (Å²) in [5.41, 5.74) is 3.39. The van der Waals surface area contributed by atoms with Crippen molar-refractivity contribution in [3.05, 3.63) is 66.2 Å². The van der Waals surface area contributed by atoms with Crippen LogP contribution in [0.25, 0.3) is 11.4 Å². The van der Waals surface area contributed by atoms with Crippen molar-refractivity contribution >= 4 is 17.3 Å². The zero-order valence-electron chi connectivity index (χ0n) is 17.2. The second-order valence-corrected chi connectivity index (χ2v) is 7.11. The average molecular weight is 376 g/mol. The summed E-state index contributed by atoms with van der Waals surface area (Å²) in [6.07, 6.45) is 0. The van der Waals surface area contributed by atoms with E-state index in [2.05, 4.69) is 67.3 Å². The normalized spacial score (nSPS) is 10.9. The molecule has 1 N–H and O–H groups in total. The van der Waals surface area contributed by atoms with Crippen LogP contribution in [-0.2, 0) is 0 Å². The van der Waals surface area contributed by atoms with Crippen LogP contribution in [0, 0.1) is 6.92 Å². The van der Waals surface area contributed by atoms with Crippen molar-refractivity contribution in [3.63, 3.8) is 0 Å². The van der Waals surface area contributed by atoms with Crippen LogP contribution in [0.15, 0.2) is 60.7 Å². The molecule has 5 nitrogen and oxygen atoms in total. The van der Waals surface area contributed by atoms with Crippen molar-refractivity contribution in [1.82, 2.24) is 14.9 Å². The zero-order valence-corrected chi connectivity index (χ0v) is 17.2. The van der Waals surface area contributed by atoms with E-state index in [9.17, 15) is 0 Å². The quantitative estimate of drug-likeness (QED) is 0.624. The highest BCUT2D eigenvalue weighted by molar-refractivity contribution is 5.67. The number of nitrogens with zero attached hydrogens (tertiary/aromatic N) is 4. The smallest absolute Gasteiger partial charge is 0.163 e. The van der Waals surface area contributed by atoms with Gasteiger partial charge in [-0.05, 0) is 45.6 Å². The Hall–Kier alpha value is -2.92. The summed E-state index contributed by atoms with van der Waals surface area (Å²) in [6.45, 7) is 6.85. The van der Waals surface area contributed by atoms with Gasteiger partial charge in [-0.15, -0.1) is 0 Å². The van der Waals surface area contributed by atoms with Crippen molar-refractivity contribution in [1.29, 1.82) is 0 Å². The van der Waals surface area contributed by atoms with E-state index >= 15 is 0 Å². The van der Waals surface area contributed by atoms with Crippen molar-refractivity contribution in [2.45, 2.75) is 13.8 Å². The first kappa shape index (κ1) is 19.8. The molecule has 0 unspecified atom stereocenters. The number of aryl methyl sites for hydroxylation is 1. The molecule has 0 amide bonds. The number of hydrogen-bond acceptors (Lipinski definition) is 5. The Labute approximate surface area is 168 Å². The van der Waals surface area contributed by atoms with E-state index in [1.807, 2.05) is 36.4 Å². The highest BCUT2D eigenvalue weighted by atomic mass is 15.2. The SMILES string of the molecule is CCN(c1cccc(C)c1)c1cc(NCCN(C)C)nc(-c2ccccc2)n1. The van der Waals surface area contributed by atoms with Gasteiger partial charge in [0.2, 0.25) is 0 Å². The highest BCUT2D eigenvalue weighted by Crippen LogP contribution is 2.28. The summed E-state index contributed by atoms with van der Waals surface area (Å²) in [7, 11) is 4.14. The van der Waals surface area contributed by atoms with Gasteiger partial charge in [0, 0.05) is 37.0 Å². The molecule has 2 aromatic carbocycles. The largest absolute Gasteiger partial charge is 0.369 e. The number of benzene rings is 2. The Kier molecular flexibility index (Phi) is 6.61. The molecule has 28 heavy (non-hydrogen) atoms. The van der Waals surface area contributed by atoms with E-state index in [0.29, 0.717) is 0 Å². The third-order valence-electron chi connectivity index (χ3n) is 4.52. The lowest BCUT2D eigenvalue weighted by Gasteiger charge is -2.24. The standard InChI is InChI=1S/C23H29N5/c1-5-28(20-13-9-10-18(2)16-20)22-17-21(24-14-15-27(3)4)25-23(26-22)19-11-7-6-8-12-19/h6-13,16-17H,5,14-15H2,1-4H3,(H,24,25,26). The molecule has 5 heteroatoms. The van der Waals surface area contributed by atoms with Gasteiger partial charge in [0.25, 0.3) is 0 Å². The summed E-state index contributed by atoms with van der Waals surface area (Å²) in [4.78, 5) is 14.0. The van der Waals surface area contributed by atoms with Crippen LogP contribution in [0.3, 0.4) is 0 Å². The maximum Gasteiger partial charge on any atom is 0.163 e. The van der Waals surface area contributed by atoms with Gasteiger partial charge >= 0.3 is 0 Å². The van der Waals surface area contributed by atoms with Gasteiger partial charge in [-0.2, -0.15) is 0 Å². The topological polar surface area (TPSA) is 44.3 Å². The fourth-order valence-corrected chi connectivity index (χ4v) is 3.06. The first-order chi connectivity index (χ1) is 13.6. The maximum atomic E-state index is 4.89. The molecule has 0 radical (unpaired) electrons. The monoisotopic (exact) mass is 375 g/mol. The Bertz CT molecular complexity index is 893. The number of anilines is 3. The van der Waals surface area contributed by atoms with Crippen LogP contribution in [0.2, 0.25) is 0 Å². The van der Waals surface area contributed by atoms with E-state index in [0.717, 1.165) is 48.3 Å². The first-order valence-electron chi connectivity index (χ1n) is 9.74. The predicted molar refractivity (Wildman–Crippen MR) is 118 cm³/mol. The third kappa shape index (κ3) is 5.08. The van der Waals surface area contributed by atoms with Crippen LogP contribution in [0.1, 0.15) is 12.5 Å². The maximum absolute atomic E-state index is 4.89. The summed E-state index contributed by atoms with van der Waals surface area (Å²) >= 11 is 0. The van der Waals surface area contributed by atoms with Crippen molar-refractivity contribution in [3.8, 4) is 11.4 Å². The molecule has 0 aliphatic heterocycles. The number of aromatic nitrogens is 2. The van der Waals surface area contributed by atoms with Gasteiger partial charge < -0.3 is 15.1 Å². The van der Waals surface area contributed by atoms with Gasteiger partial charge in [-0.25, -0.2) is 9.97 Å². The van der Waals surface area contributed by atoms with E-state index in [1.54, 1.807) is 0 Å². The van der Waals surface area contributed by atoms with Crippen LogP contribution >= 0.6 is 0 Å². The minimum atomic E-state index is 0.733. The summed E-state index contributed by atoms with van der Waals surface area (Å²) in [5, 5.41) is 3.45. The van der Waals surface area contributed by atoms with Crippen molar-refractivity contribution < 1.29 is 0 Å². The Morgan fingerprint density at radius 1 is 0.929 bits per heavy atom. The molecular formula is C23H29N5. The molecule has 1 heterocycles. The molecule has 0 bridgehead atoms. The lowest BCUT2D eigenvalue weighted by molar-refractivity contribution is 0.425. The average Bonchev–Trinajstić information content (AvgIpc) is 2.69. The van der Waals surface area contributed by atoms with Gasteiger partial charge in [0.05, 0.1) is 0 Å². The van der Waals surface area contributed by atoms with Crippen LogP contribution < -0.4 is 10.2 Å². The van der Waals surface area contributed by atoms with Crippen LogP contribution in [-0.4, -0.2) is 48.6 Å². The van der Waals surface area contributed by atoms with Gasteiger partial charge in [-0.3, -0.25) is 0 Å². The second kappa shape index (κ2) is 9.33. The number of hydrogen-bond donors (Lipinski definition) is 1. The molecule has 3 aromatic rings. The van der Waals surface area contributed by atoms with Crippen LogP contribution in [0.5, 0.6) is 0 Å². The summed E-state index contributed by atoms with van der Waals surface area (Å²) in [6, 6.07) is 20.7. The second-order valence-electron chi connectivity index (χ2n) is 7.11. The lowest BCUT2D eigenvalue weighted by atomic mass is 10.2. The molecule has 0 spiro atoms. The molecule has 0 fully saturated rings. The number of rotatable bonds is 8. The molecule has 146 valence electrons.